The molecule has 2 heterocycles. The van der Waals surface area contributed by atoms with Crippen LogP contribution in [-0.2, 0) is 16.1 Å². The van der Waals surface area contributed by atoms with Crippen LogP contribution in [-0.4, -0.2) is 41.3 Å². The summed E-state index contributed by atoms with van der Waals surface area (Å²) < 4.78 is 11.3. The van der Waals surface area contributed by atoms with Gasteiger partial charge in [-0.15, -0.1) is 0 Å². The normalized spacial score (nSPS) is 19.5. The zero-order valence-electron chi connectivity index (χ0n) is 16.8. The molecule has 0 unspecified atom stereocenters. The van der Waals surface area contributed by atoms with Gasteiger partial charge in [0.1, 0.15) is 19.0 Å². The summed E-state index contributed by atoms with van der Waals surface area (Å²) in [5, 5.41) is 1.87. The van der Waals surface area contributed by atoms with E-state index >= 15 is 0 Å². The van der Waals surface area contributed by atoms with Gasteiger partial charge in [-0.1, -0.05) is 42.5 Å². The summed E-state index contributed by atoms with van der Waals surface area (Å²) in [7, 11) is 0. The minimum absolute atomic E-state index is 0.0327. The first-order valence-corrected chi connectivity index (χ1v) is 10.9. The standard InChI is InChI=1S/C23H22N2O5S/c26-21-20(31-22(27)24-21)13-16-8-10-19(11-9-16)29-15-18-7-4-12-25(18)23(28)30-14-17-5-2-1-3-6-17/h1-3,5-6,8-11,13,18H,4,7,12,14-15H2,(H,24,26,27)/t18-/m1/s1. The fourth-order valence-electron chi connectivity index (χ4n) is 3.48. The number of amides is 3. The van der Waals surface area contributed by atoms with E-state index in [4.69, 9.17) is 9.47 Å². The summed E-state index contributed by atoms with van der Waals surface area (Å²) in [4.78, 5) is 37.5. The van der Waals surface area contributed by atoms with Crippen LogP contribution >= 0.6 is 11.8 Å². The Morgan fingerprint density at radius 2 is 1.90 bits per heavy atom. The third kappa shape index (κ3) is 5.46. The van der Waals surface area contributed by atoms with Crippen molar-refractivity contribution in [2.45, 2.75) is 25.5 Å². The van der Waals surface area contributed by atoms with Gasteiger partial charge in [0.05, 0.1) is 10.9 Å². The predicted octanol–water partition coefficient (Wildman–Crippen LogP) is 4.19. The molecule has 0 saturated carbocycles. The minimum Gasteiger partial charge on any atom is -0.491 e. The first kappa shape index (κ1) is 21.0. The molecule has 1 N–H and O–H groups in total. The van der Waals surface area contributed by atoms with Crippen molar-refractivity contribution in [3.8, 4) is 5.75 Å². The molecule has 31 heavy (non-hydrogen) atoms. The molecule has 0 aliphatic carbocycles. The highest BCUT2D eigenvalue weighted by atomic mass is 32.2. The highest BCUT2D eigenvalue weighted by Gasteiger charge is 2.30. The summed E-state index contributed by atoms with van der Waals surface area (Å²) in [5.41, 5.74) is 1.75. The number of ether oxygens (including phenoxy) is 2. The van der Waals surface area contributed by atoms with Gasteiger partial charge in [0.15, 0.2) is 0 Å². The van der Waals surface area contributed by atoms with Crippen molar-refractivity contribution in [3.63, 3.8) is 0 Å². The molecule has 2 aromatic rings. The summed E-state index contributed by atoms with van der Waals surface area (Å²) in [6.07, 6.45) is 3.12. The Hall–Kier alpha value is -3.26. The molecule has 8 heteroatoms. The fourth-order valence-corrected chi connectivity index (χ4v) is 4.16. The number of thioether (sulfide) groups is 1. The molecule has 4 rings (SSSR count). The molecule has 0 bridgehead atoms. The molecule has 2 aliphatic heterocycles. The van der Waals surface area contributed by atoms with E-state index in [1.165, 1.54) is 0 Å². The lowest BCUT2D eigenvalue weighted by Gasteiger charge is -2.24. The number of nitrogens with one attached hydrogen (secondary N) is 1. The molecule has 7 nitrogen and oxygen atoms in total. The van der Waals surface area contributed by atoms with Gasteiger partial charge in [-0.25, -0.2) is 4.79 Å². The number of carbonyl (C=O) groups is 3. The van der Waals surface area contributed by atoms with Crippen LogP contribution in [0.2, 0.25) is 0 Å². The SMILES string of the molecule is O=C1NC(=O)C(=Cc2ccc(OC[C@H]3CCCN3C(=O)OCc3ccccc3)cc2)S1. The molecule has 2 fully saturated rings. The number of hydrogen-bond donors (Lipinski definition) is 1. The van der Waals surface area contributed by atoms with Crippen LogP contribution in [0.3, 0.4) is 0 Å². The highest BCUT2D eigenvalue weighted by Crippen LogP contribution is 2.26. The van der Waals surface area contributed by atoms with E-state index in [-0.39, 0.29) is 29.9 Å². The maximum Gasteiger partial charge on any atom is 0.410 e. The topological polar surface area (TPSA) is 84.9 Å². The second-order valence-electron chi connectivity index (χ2n) is 7.26. The van der Waals surface area contributed by atoms with Crippen LogP contribution in [0.5, 0.6) is 5.75 Å². The molecule has 0 spiro atoms. The van der Waals surface area contributed by atoms with Crippen LogP contribution in [0.15, 0.2) is 59.5 Å². The highest BCUT2D eigenvalue weighted by molar-refractivity contribution is 8.18. The quantitative estimate of drug-likeness (QED) is 0.681. The Labute approximate surface area is 184 Å². The van der Waals surface area contributed by atoms with E-state index < -0.39 is 0 Å². The molecule has 3 amide bonds. The van der Waals surface area contributed by atoms with Crippen molar-refractivity contribution in [3.05, 3.63) is 70.6 Å². The third-order valence-corrected chi connectivity index (χ3v) is 5.89. The van der Waals surface area contributed by atoms with E-state index in [2.05, 4.69) is 5.32 Å². The lowest BCUT2D eigenvalue weighted by molar-refractivity contribution is -0.115. The average molecular weight is 439 g/mol. The van der Waals surface area contributed by atoms with E-state index in [0.29, 0.717) is 23.8 Å². The molecule has 2 aromatic carbocycles. The van der Waals surface area contributed by atoms with Gasteiger partial charge < -0.3 is 14.4 Å². The van der Waals surface area contributed by atoms with Crippen molar-refractivity contribution in [2.24, 2.45) is 0 Å². The summed E-state index contributed by atoms with van der Waals surface area (Å²) in [5.74, 6) is 0.294. The van der Waals surface area contributed by atoms with E-state index in [1.807, 2.05) is 42.5 Å². The number of benzene rings is 2. The maximum atomic E-state index is 12.5. The Morgan fingerprint density at radius 1 is 1.13 bits per heavy atom. The molecule has 2 saturated heterocycles. The lowest BCUT2D eigenvalue weighted by Crippen LogP contribution is -2.39. The fraction of sp³-hybridized carbons (Fsp3) is 0.261. The molecular weight excluding hydrogens is 416 g/mol. The zero-order valence-corrected chi connectivity index (χ0v) is 17.6. The van der Waals surface area contributed by atoms with Gasteiger partial charge >= 0.3 is 6.09 Å². The van der Waals surface area contributed by atoms with Crippen molar-refractivity contribution < 1.29 is 23.9 Å². The van der Waals surface area contributed by atoms with Crippen molar-refractivity contribution in [1.82, 2.24) is 10.2 Å². The zero-order chi connectivity index (χ0) is 21.6. The molecule has 2 aliphatic rings. The van der Waals surface area contributed by atoms with E-state index in [1.54, 1.807) is 23.1 Å². The van der Waals surface area contributed by atoms with Crippen molar-refractivity contribution >= 4 is 35.1 Å². The Morgan fingerprint density at radius 3 is 2.61 bits per heavy atom. The summed E-state index contributed by atoms with van der Waals surface area (Å²) in [6, 6.07) is 16.8. The van der Waals surface area contributed by atoms with Gasteiger partial charge in [0, 0.05) is 6.54 Å². The Kier molecular flexibility index (Phi) is 6.57. The van der Waals surface area contributed by atoms with Crippen LogP contribution in [0.1, 0.15) is 24.0 Å². The number of likely N-dealkylation sites (tertiary alicyclic amines) is 1. The van der Waals surface area contributed by atoms with Crippen LogP contribution in [0, 0.1) is 0 Å². The lowest BCUT2D eigenvalue weighted by atomic mass is 10.2. The number of rotatable bonds is 6. The minimum atomic E-state index is -0.379. The third-order valence-electron chi connectivity index (χ3n) is 5.08. The number of imide groups is 1. The molecule has 1 atom stereocenters. The maximum absolute atomic E-state index is 12.5. The van der Waals surface area contributed by atoms with Crippen molar-refractivity contribution in [1.29, 1.82) is 0 Å². The molecule has 160 valence electrons. The van der Waals surface area contributed by atoms with Crippen LogP contribution < -0.4 is 10.1 Å². The van der Waals surface area contributed by atoms with Gasteiger partial charge in [-0.05, 0) is 53.9 Å². The molecule has 0 aromatic heterocycles. The second kappa shape index (κ2) is 9.70. The second-order valence-corrected chi connectivity index (χ2v) is 8.28. The molecular formula is C23H22N2O5S. The first-order valence-electron chi connectivity index (χ1n) is 10.0. The summed E-state index contributed by atoms with van der Waals surface area (Å²) in [6.45, 7) is 1.29. The monoisotopic (exact) mass is 438 g/mol. The smallest absolute Gasteiger partial charge is 0.410 e. The van der Waals surface area contributed by atoms with Gasteiger partial charge in [0.25, 0.3) is 11.1 Å². The number of carbonyl (C=O) groups excluding carboxylic acids is 3. The predicted molar refractivity (Wildman–Crippen MR) is 117 cm³/mol. The first-order chi connectivity index (χ1) is 15.1. The Balaban J connectivity index is 1.29. The number of nitrogens with zero attached hydrogens (tertiary/aromatic N) is 1. The molecule has 0 radical (unpaired) electrons. The number of hydrogen-bond acceptors (Lipinski definition) is 6. The van der Waals surface area contributed by atoms with E-state index in [0.717, 1.165) is 35.7 Å². The van der Waals surface area contributed by atoms with Crippen LogP contribution in [0.4, 0.5) is 9.59 Å². The Bertz CT molecular complexity index is 991. The van der Waals surface area contributed by atoms with Gasteiger partial charge in [0.2, 0.25) is 0 Å². The largest absolute Gasteiger partial charge is 0.491 e. The van der Waals surface area contributed by atoms with Gasteiger partial charge in [-0.3, -0.25) is 14.9 Å². The van der Waals surface area contributed by atoms with E-state index in [9.17, 15) is 14.4 Å². The summed E-state index contributed by atoms with van der Waals surface area (Å²) >= 11 is 0.886. The van der Waals surface area contributed by atoms with Gasteiger partial charge in [-0.2, -0.15) is 0 Å². The van der Waals surface area contributed by atoms with Crippen LogP contribution in [0.25, 0.3) is 6.08 Å². The van der Waals surface area contributed by atoms with Crippen molar-refractivity contribution in [2.75, 3.05) is 13.2 Å². The average Bonchev–Trinajstić information content (AvgIpc) is 3.38.